The van der Waals surface area contributed by atoms with Crippen molar-refractivity contribution in [1.29, 1.82) is 0 Å². The summed E-state index contributed by atoms with van der Waals surface area (Å²) in [7, 11) is 7.42. The van der Waals surface area contributed by atoms with Gasteiger partial charge in [-0.3, -0.25) is 4.98 Å². The molecule has 28 heavy (non-hydrogen) atoms. The van der Waals surface area contributed by atoms with E-state index >= 15 is 0 Å². The van der Waals surface area contributed by atoms with Gasteiger partial charge in [-0.15, -0.1) is 0 Å². The van der Waals surface area contributed by atoms with Crippen molar-refractivity contribution in [3.05, 3.63) is 42.2 Å². The summed E-state index contributed by atoms with van der Waals surface area (Å²) < 4.78 is 10.8. The van der Waals surface area contributed by atoms with Crippen LogP contribution in [0.3, 0.4) is 0 Å². The van der Waals surface area contributed by atoms with Gasteiger partial charge in [0.05, 0.1) is 19.9 Å². The number of methoxy groups -OCH3 is 2. The van der Waals surface area contributed by atoms with Crippen molar-refractivity contribution in [2.75, 3.05) is 46.7 Å². The first-order valence-electron chi connectivity index (χ1n) is 9.45. The van der Waals surface area contributed by atoms with E-state index in [-0.39, 0.29) is 0 Å². The minimum atomic E-state index is 0.734. The topological polar surface area (TPSA) is 59.5 Å². The largest absolute Gasteiger partial charge is 0.497 e. The minimum absolute atomic E-state index is 0.734. The van der Waals surface area contributed by atoms with Crippen LogP contribution in [0.1, 0.15) is 12.6 Å². The van der Waals surface area contributed by atoms with E-state index in [1.165, 1.54) is 0 Å². The summed E-state index contributed by atoms with van der Waals surface area (Å²) in [6, 6.07) is 9.97. The van der Waals surface area contributed by atoms with Crippen molar-refractivity contribution in [1.82, 2.24) is 14.9 Å². The van der Waals surface area contributed by atoms with Crippen LogP contribution in [-0.4, -0.2) is 56.3 Å². The molecule has 0 amide bonds. The molecule has 0 atom stereocenters. The molecule has 0 spiro atoms. The van der Waals surface area contributed by atoms with Gasteiger partial charge in [-0.05, 0) is 44.8 Å². The average molecular weight is 380 g/mol. The molecule has 6 nitrogen and oxygen atoms in total. The molecule has 0 aliphatic heterocycles. The SMILES string of the molecule is CCc1cc2c(NCCN(C)C)nc(-c3cc(OC)cc(OC)c3)cc2cn1. The molecule has 3 aromatic rings. The van der Waals surface area contributed by atoms with E-state index in [1.54, 1.807) is 14.2 Å². The second-order valence-corrected chi connectivity index (χ2v) is 6.94. The van der Waals surface area contributed by atoms with Crippen LogP contribution >= 0.6 is 0 Å². The summed E-state index contributed by atoms with van der Waals surface area (Å²) in [5, 5.41) is 5.63. The maximum atomic E-state index is 5.42. The first kappa shape index (κ1) is 19.9. The van der Waals surface area contributed by atoms with Crippen LogP contribution in [0.25, 0.3) is 22.0 Å². The maximum Gasteiger partial charge on any atom is 0.134 e. The molecule has 0 aliphatic rings. The number of benzene rings is 1. The zero-order valence-corrected chi connectivity index (χ0v) is 17.2. The first-order chi connectivity index (χ1) is 13.5. The maximum absolute atomic E-state index is 5.42. The van der Waals surface area contributed by atoms with Crippen molar-refractivity contribution in [3.8, 4) is 22.8 Å². The Kier molecular flexibility index (Phi) is 6.31. The summed E-state index contributed by atoms with van der Waals surface area (Å²) in [5.41, 5.74) is 2.84. The third kappa shape index (κ3) is 4.51. The van der Waals surface area contributed by atoms with Crippen LogP contribution in [-0.2, 0) is 6.42 Å². The molecule has 0 saturated carbocycles. The lowest BCUT2D eigenvalue weighted by molar-refractivity contribution is 0.394. The zero-order valence-electron chi connectivity index (χ0n) is 17.2. The van der Waals surface area contributed by atoms with E-state index in [0.717, 1.165) is 64.6 Å². The third-order valence-electron chi connectivity index (χ3n) is 4.63. The van der Waals surface area contributed by atoms with E-state index in [4.69, 9.17) is 14.5 Å². The van der Waals surface area contributed by atoms with E-state index in [9.17, 15) is 0 Å². The minimum Gasteiger partial charge on any atom is -0.497 e. The molecule has 0 saturated heterocycles. The third-order valence-corrected chi connectivity index (χ3v) is 4.63. The van der Waals surface area contributed by atoms with Gasteiger partial charge in [0.25, 0.3) is 0 Å². The Morgan fingerprint density at radius 1 is 1.00 bits per heavy atom. The highest BCUT2D eigenvalue weighted by atomic mass is 16.5. The van der Waals surface area contributed by atoms with E-state index in [0.29, 0.717) is 0 Å². The zero-order chi connectivity index (χ0) is 20.1. The number of pyridine rings is 2. The molecule has 0 radical (unpaired) electrons. The van der Waals surface area contributed by atoms with E-state index in [1.807, 2.05) is 24.4 Å². The number of hydrogen-bond donors (Lipinski definition) is 1. The lowest BCUT2D eigenvalue weighted by Crippen LogP contribution is -2.21. The number of hydrogen-bond acceptors (Lipinski definition) is 6. The first-order valence-corrected chi connectivity index (χ1v) is 9.45. The Bertz CT molecular complexity index is 934. The second kappa shape index (κ2) is 8.89. The molecule has 2 aromatic heterocycles. The number of aromatic nitrogens is 2. The number of ether oxygens (including phenoxy) is 2. The van der Waals surface area contributed by atoms with Crippen LogP contribution in [0.4, 0.5) is 5.82 Å². The summed E-state index contributed by atoms with van der Waals surface area (Å²) >= 11 is 0. The Morgan fingerprint density at radius 3 is 2.32 bits per heavy atom. The highest BCUT2D eigenvalue weighted by molar-refractivity contribution is 5.94. The molecule has 1 aromatic carbocycles. The Morgan fingerprint density at radius 2 is 1.71 bits per heavy atom. The van der Waals surface area contributed by atoms with Crippen LogP contribution in [0.15, 0.2) is 36.5 Å². The molecule has 6 heteroatoms. The number of nitrogens with one attached hydrogen (secondary N) is 1. The smallest absolute Gasteiger partial charge is 0.134 e. The predicted octanol–water partition coefficient (Wildman–Crippen LogP) is 3.85. The lowest BCUT2D eigenvalue weighted by Gasteiger charge is -2.15. The van der Waals surface area contributed by atoms with Gasteiger partial charge in [-0.2, -0.15) is 0 Å². The fraction of sp³-hybridized carbons (Fsp3) is 0.364. The van der Waals surface area contributed by atoms with E-state index < -0.39 is 0 Å². The van der Waals surface area contributed by atoms with Gasteiger partial charge >= 0.3 is 0 Å². The molecule has 0 aliphatic carbocycles. The Hall–Kier alpha value is -2.86. The van der Waals surface area contributed by atoms with Gasteiger partial charge in [0.2, 0.25) is 0 Å². The fourth-order valence-corrected chi connectivity index (χ4v) is 3.02. The molecule has 2 heterocycles. The van der Waals surface area contributed by atoms with Crippen molar-refractivity contribution in [2.45, 2.75) is 13.3 Å². The standard InChI is InChI=1S/C22H28N4O2/c1-6-17-12-20-16(14-24-17)11-21(25-22(20)23-7-8-26(2)3)15-9-18(27-4)13-19(10-15)28-5/h9-14H,6-8H2,1-5H3,(H,23,25). The van der Waals surface area contributed by atoms with Gasteiger partial charge in [0.15, 0.2) is 0 Å². The Labute approximate surface area is 166 Å². The van der Waals surface area contributed by atoms with Crippen LogP contribution in [0.5, 0.6) is 11.5 Å². The van der Waals surface area contributed by atoms with Gasteiger partial charge in [0.1, 0.15) is 17.3 Å². The number of aryl methyl sites for hydroxylation is 1. The molecular weight excluding hydrogens is 352 g/mol. The number of likely N-dealkylation sites (N-methyl/N-ethyl adjacent to an activating group) is 1. The second-order valence-electron chi connectivity index (χ2n) is 6.94. The molecule has 0 bridgehead atoms. The molecule has 3 rings (SSSR count). The van der Waals surface area contributed by atoms with Crippen molar-refractivity contribution >= 4 is 16.6 Å². The van der Waals surface area contributed by atoms with Gasteiger partial charge in [0, 0.05) is 47.4 Å². The summed E-state index contributed by atoms with van der Waals surface area (Å²) in [6.07, 6.45) is 2.82. The van der Waals surface area contributed by atoms with Gasteiger partial charge in [-0.1, -0.05) is 6.92 Å². The summed E-state index contributed by atoms with van der Waals surface area (Å²) in [4.78, 5) is 11.6. The number of rotatable bonds is 8. The molecule has 1 N–H and O–H groups in total. The Balaban J connectivity index is 2.10. The highest BCUT2D eigenvalue weighted by Crippen LogP contribution is 2.32. The fourth-order valence-electron chi connectivity index (χ4n) is 3.02. The van der Waals surface area contributed by atoms with Crippen molar-refractivity contribution < 1.29 is 9.47 Å². The molecular formula is C22H28N4O2. The quantitative estimate of drug-likeness (QED) is 0.641. The summed E-state index contributed by atoms with van der Waals surface area (Å²) in [5.74, 6) is 2.34. The average Bonchev–Trinajstić information content (AvgIpc) is 2.72. The van der Waals surface area contributed by atoms with Gasteiger partial charge in [-0.25, -0.2) is 4.98 Å². The molecule has 148 valence electrons. The lowest BCUT2D eigenvalue weighted by atomic mass is 10.1. The van der Waals surface area contributed by atoms with Crippen LogP contribution in [0.2, 0.25) is 0 Å². The van der Waals surface area contributed by atoms with Crippen LogP contribution < -0.4 is 14.8 Å². The normalized spacial score (nSPS) is 11.1. The predicted molar refractivity (Wildman–Crippen MR) is 114 cm³/mol. The highest BCUT2D eigenvalue weighted by Gasteiger charge is 2.11. The number of fused-ring (bicyclic) bond motifs is 1. The number of nitrogens with zero attached hydrogens (tertiary/aromatic N) is 3. The number of anilines is 1. The monoisotopic (exact) mass is 380 g/mol. The van der Waals surface area contributed by atoms with Crippen molar-refractivity contribution in [2.24, 2.45) is 0 Å². The van der Waals surface area contributed by atoms with E-state index in [2.05, 4.69) is 48.4 Å². The van der Waals surface area contributed by atoms with Crippen LogP contribution in [0, 0.1) is 0 Å². The molecule has 0 fully saturated rings. The summed E-state index contributed by atoms with van der Waals surface area (Å²) in [6.45, 7) is 3.84. The van der Waals surface area contributed by atoms with Gasteiger partial charge < -0.3 is 19.7 Å². The molecule has 0 unspecified atom stereocenters. The van der Waals surface area contributed by atoms with Crippen molar-refractivity contribution in [3.63, 3.8) is 0 Å².